The normalized spacial score (nSPS) is 16.5. The van der Waals surface area contributed by atoms with Gasteiger partial charge in [-0.3, -0.25) is 19.2 Å². The summed E-state index contributed by atoms with van der Waals surface area (Å²) in [4.78, 5) is 54.5. The van der Waals surface area contributed by atoms with Gasteiger partial charge in [-0.2, -0.15) is 0 Å². The number of carbonyl (C=O) groups excluding carboxylic acids is 4. The molecule has 1 N–H and O–H groups in total. The molecule has 0 bridgehead atoms. The van der Waals surface area contributed by atoms with Gasteiger partial charge in [0.2, 0.25) is 5.91 Å². The van der Waals surface area contributed by atoms with Gasteiger partial charge in [-0.1, -0.05) is 32.1 Å². The van der Waals surface area contributed by atoms with Crippen LogP contribution in [0.5, 0.6) is 0 Å². The van der Waals surface area contributed by atoms with E-state index in [9.17, 15) is 19.2 Å². The first-order chi connectivity index (χ1) is 14.6. The monoisotopic (exact) mass is 429 g/mol. The maximum atomic E-state index is 13.3. The fraction of sp³-hybridized carbons (Fsp3) is 0.478. The standard InChI is InChI=1S/C23H31N3O5/c1-7-10-15(23(30)31-6)16(13-14(2)3)20(27)24-19-21(28)25(4)17-11-8-9-12-18(17)26(5)22(19)29/h7-9,11-12,14-16,19H,1,10,13H2,2-6H3,(H,24,27)/t15-,16+/m0/s1. The van der Waals surface area contributed by atoms with E-state index in [1.165, 1.54) is 16.9 Å². The van der Waals surface area contributed by atoms with E-state index < -0.39 is 41.6 Å². The second kappa shape index (κ2) is 10.2. The van der Waals surface area contributed by atoms with Gasteiger partial charge in [0.25, 0.3) is 11.8 Å². The highest BCUT2D eigenvalue weighted by molar-refractivity contribution is 6.21. The van der Waals surface area contributed by atoms with Gasteiger partial charge < -0.3 is 19.9 Å². The summed E-state index contributed by atoms with van der Waals surface area (Å²) in [5.74, 6) is -3.58. The number of esters is 1. The van der Waals surface area contributed by atoms with Crippen LogP contribution in [0.15, 0.2) is 36.9 Å². The van der Waals surface area contributed by atoms with Gasteiger partial charge in [0.1, 0.15) is 0 Å². The molecular formula is C23H31N3O5. The molecule has 0 fully saturated rings. The molecule has 0 unspecified atom stereocenters. The second-order valence-electron chi connectivity index (χ2n) is 8.11. The summed E-state index contributed by atoms with van der Waals surface area (Å²) in [6.45, 7) is 7.54. The third kappa shape index (κ3) is 5.13. The summed E-state index contributed by atoms with van der Waals surface area (Å²) in [6.07, 6.45) is 2.19. The number of allylic oxidation sites excluding steroid dienone is 1. The molecule has 2 rings (SSSR count). The number of hydrogen-bond acceptors (Lipinski definition) is 5. The average molecular weight is 430 g/mol. The molecule has 0 radical (unpaired) electrons. The minimum atomic E-state index is -1.40. The first-order valence-electron chi connectivity index (χ1n) is 10.3. The van der Waals surface area contributed by atoms with Crippen LogP contribution in [0.2, 0.25) is 0 Å². The predicted molar refractivity (Wildman–Crippen MR) is 118 cm³/mol. The number of nitrogens with one attached hydrogen (secondary N) is 1. The van der Waals surface area contributed by atoms with Crippen molar-refractivity contribution < 1.29 is 23.9 Å². The number of hydrogen-bond donors (Lipinski definition) is 1. The minimum Gasteiger partial charge on any atom is -0.469 e. The van der Waals surface area contributed by atoms with Crippen LogP contribution < -0.4 is 15.1 Å². The number of carbonyl (C=O) groups is 4. The first kappa shape index (κ1) is 24.1. The van der Waals surface area contributed by atoms with Gasteiger partial charge in [0, 0.05) is 14.1 Å². The number of nitrogens with zero attached hydrogens (tertiary/aromatic N) is 2. The summed E-state index contributed by atoms with van der Waals surface area (Å²) in [5, 5.41) is 2.61. The van der Waals surface area contributed by atoms with E-state index in [2.05, 4.69) is 11.9 Å². The van der Waals surface area contributed by atoms with Crippen LogP contribution in [0.4, 0.5) is 11.4 Å². The van der Waals surface area contributed by atoms with E-state index in [1.807, 2.05) is 13.8 Å². The van der Waals surface area contributed by atoms with Crippen molar-refractivity contribution in [2.75, 3.05) is 31.0 Å². The quantitative estimate of drug-likeness (QED) is 0.388. The largest absolute Gasteiger partial charge is 0.469 e. The van der Waals surface area contributed by atoms with E-state index >= 15 is 0 Å². The molecule has 1 aliphatic rings. The van der Waals surface area contributed by atoms with E-state index in [0.29, 0.717) is 17.8 Å². The SMILES string of the molecule is C=CC[C@H](C(=O)OC)[C@@H](CC(C)C)C(=O)NC1C(=O)N(C)c2ccccc2N(C)C1=O. The van der Waals surface area contributed by atoms with Crippen LogP contribution in [0.25, 0.3) is 0 Å². The topological polar surface area (TPSA) is 96.0 Å². The van der Waals surface area contributed by atoms with E-state index in [4.69, 9.17) is 4.74 Å². The Morgan fingerprint density at radius 3 is 2.03 bits per heavy atom. The maximum absolute atomic E-state index is 13.3. The van der Waals surface area contributed by atoms with Crippen molar-refractivity contribution in [1.82, 2.24) is 5.32 Å². The van der Waals surface area contributed by atoms with Crippen LogP contribution in [-0.4, -0.2) is 50.9 Å². The number of amides is 3. The van der Waals surface area contributed by atoms with Crippen molar-refractivity contribution in [3.8, 4) is 0 Å². The first-order valence-corrected chi connectivity index (χ1v) is 10.3. The fourth-order valence-corrected chi connectivity index (χ4v) is 3.85. The third-order valence-electron chi connectivity index (χ3n) is 5.52. The number of fused-ring (bicyclic) bond motifs is 1. The predicted octanol–water partition coefficient (Wildman–Crippen LogP) is 2.14. The molecule has 1 aromatic rings. The Labute approximate surface area is 183 Å². The van der Waals surface area contributed by atoms with Crippen molar-refractivity contribution in [2.24, 2.45) is 17.8 Å². The van der Waals surface area contributed by atoms with Crippen LogP contribution in [0.1, 0.15) is 26.7 Å². The summed E-state index contributed by atoms with van der Waals surface area (Å²) in [5.41, 5.74) is 1.14. The van der Waals surface area contributed by atoms with Gasteiger partial charge in [-0.05, 0) is 30.9 Å². The summed E-state index contributed by atoms with van der Waals surface area (Å²) < 4.78 is 4.89. The Morgan fingerprint density at radius 2 is 1.61 bits per heavy atom. The smallest absolute Gasteiger partial charge is 0.309 e. The van der Waals surface area contributed by atoms with Gasteiger partial charge in [0.05, 0.1) is 30.3 Å². The molecule has 2 atom stereocenters. The van der Waals surface area contributed by atoms with Crippen molar-refractivity contribution in [3.63, 3.8) is 0 Å². The van der Waals surface area contributed by atoms with Crippen LogP contribution >= 0.6 is 0 Å². The lowest BCUT2D eigenvalue weighted by molar-refractivity contribution is -0.151. The number of likely N-dealkylation sites (N-methyl/N-ethyl adjacent to an activating group) is 2. The number of rotatable bonds is 8. The minimum absolute atomic E-state index is 0.0999. The number of para-hydroxylation sites is 2. The highest BCUT2D eigenvalue weighted by Gasteiger charge is 2.41. The number of anilines is 2. The second-order valence-corrected chi connectivity index (χ2v) is 8.11. The molecule has 0 aliphatic carbocycles. The number of benzene rings is 1. The Hall–Kier alpha value is -3.16. The van der Waals surface area contributed by atoms with Crippen molar-refractivity contribution in [1.29, 1.82) is 0 Å². The van der Waals surface area contributed by atoms with Gasteiger partial charge in [-0.25, -0.2) is 0 Å². The molecule has 1 heterocycles. The molecule has 3 amide bonds. The summed E-state index contributed by atoms with van der Waals surface area (Å²) in [6, 6.07) is 5.62. The Bertz CT molecular complexity index is 826. The van der Waals surface area contributed by atoms with Crippen LogP contribution in [0.3, 0.4) is 0 Å². The Balaban J connectivity index is 2.37. The van der Waals surface area contributed by atoms with Crippen molar-refractivity contribution in [2.45, 2.75) is 32.7 Å². The molecule has 0 saturated heterocycles. The van der Waals surface area contributed by atoms with Crippen LogP contribution in [0, 0.1) is 17.8 Å². The molecule has 0 saturated carbocycles. The molecule has 0 aromatic heterocycles. The van der Waals surface area contributed by atoms with Crippen molar-refractivity contribution in [3.05, 3.63) is 36.9 Å². The summed E-state index contributed by atoms with van der Waals surface area (Å²) in [7, 11) is 4.39. The van der Waals surface area contributed by atoms with E-state index in [-0.39, 0.29) is 12.3 Å². The lowest BCUT2D eigenvalue weighted by Crippen LogP contribution is -2.56. The zero-order chi connectivity index (χ0) is 23.3. The van der Waals surface area contributed by atoms with Crippen molar-refractivity contribution >= 4 is 35.1 Å². The van der Waals surface area contributed by atoms with Crippen LogP contribution in [-0.2, 0) is 23.9 Å². The molecule has 168 valence electrons. The molecular weight excluding hydrogens is 398 g/mol. The van der Waals surface area contributed by atoms with E-state index in [1.54, 1.807) is 44.4 Å². The molecule has 8 nitrogen and oxygen atoms in total. The highest BCUT2D eigenvalue weighted by Crippen LogP contribution is 2.32. The molecule has 31 heavy (non-hydrogen) atoms. The molecule has 1 aromatic carbocycles. The Kier molecular flexibility index (Phi) is 7.96. The lowest BCUT2D eigenvalue weighted by Gasteiger charge is -2.28. The Morgan fingerprint density at radius 1 is 1.10 bits per heavy atom. The lowest BCUT2D eigenvalue weighted by atomic mass is 9.82. The number of ether oxygens (including phenoxy) is 1. The van der Waals surface area contributed by atoms with Gasteiger partial charge in [0.15, 0.2) is 6.04 Å². The molecule has 8 heteroatoms. The van der Waals surface area contributed by atoms with E-state index in [0.717, 1.165) is 0 Å². The zero-order valence-corrected chi connectivity index (χ0v) is 18.8. The molecule has 1 aliphatic heterocycles. The maximum Gasteiger partial charge on any atom is 0.309 e. The number of methoxy groups -OCH3 is 1. The average Bonchev–Trinajstić information content (AvgIpc) is 2.82. The van der Waals surface area contributed by atoms with Gasteiger partial charge in [-0.15, -0.1) is 6.58 Å². The van der Waals surface area contributed by atoms with Gasteiger partial charge >= 0.3 is 5.97 Å². The summed E-state index contributed by atoms with van der Waals surface area (Å²) >= 11 is 0. The fourth-order valence-electron chi connectivity index (χ4n) is 3.85. The zero-order valence-electron chi connectivity index (χ0n) is 18.8. The highest BCUT2D eigenvalue weighted by atomic mass is 16.5. The molecule has 0 spiro atoms. The third-order valence-corrected chi connectivity index (χ3v) is 5.52.